The maximum absolute atomic E-state index is 5.56. The highest BCUT2D eigenvalue weighted by Gasteiger charge is 2.25. The van der Waals surface area contributed by atoms with Gasteiger partial charge in [0.05, 0.1) is 9.45 Å². The van der Waals surface area contributed by atoms with Gasteiger partial charge in [-0.25, -0.2) is 0 Å². The van der Waals surface area contributed by atoms with Gasteiger partial charge in [0.2, 0.25) is 0 Å². The van der Waals surface area contributed by atoms with Crippen LogP contribution in [0.1, 0.15) is 16.4 Å². The molecule has 0 heterocycles. The van der Waals surface area contributed by atoms with Crippen LogP contribution in [0.25, 0.3) is 0 Å². The summed E-state index contributed by atoms with van der Waals surface area (Å²) in [4.78, 5) is 0. The molecule has 21 heavy (non-hydrogen) atoms. The first-order valence-corrected chi connectivity index (χ1v) is 7.91. The first kappa shape index (κ1) is 16.2. The third-order valence-corrected chi connectivity index (χ3v) is 4.81. The Balaban J connectivity index is 2.22. The van der Waals surface area contributed by atoms with Crippen LogP contribution in [-0.4, -0.2) is 24.7 Å². The van der Waals surface area contributed by atoms with E-state index in [0.717, 1.165) is 15.3 Å². The summed E-state index contributed by atoms with van der Waals surface area (Å²) in [5.74, 6) is 0. The van der Waals surface area contributed by atoms with Crippen LogP contribution >= 0.6 is 24.0 Å². The molecule has 0 aromatic heterocycles. The molecule has 0 radical (unpaired) electrons. The summed E-state index contributed by atoms with van der Waals surface area (Å²) in [6, 6.07) is 20.2. The lowest BCUT2D eigenvalue weighted by Crippen LogP contribution is -2.22. The Morgan fingerprint density at radius 3 is 1.95 bits per heavy atom. The number of methoxy groups -OCH3 is 2. The minimum atomic E-state index is -0.348. The van der Waals surface area contributed by atoms with Gasteiger partial charge in [0, 0.05) is 14.2 Å². The molecule has 2 aromatic carbocycles. The molecule has 0 aliphatic heterocycles. The van der Waals surface area contributed by atoms with Crippen LogP contribution in [-0.2, 0) is 9.47 Å². The number of ether oxygens (including phenoxy) is 2. The second kappa shape index (κ2) is 8.29. The fourth-order valence-corrected chi connectivity index (χ4v) is 3.60. The monoisotopic (exact) mass is 318 g/mol. The highest BCUT2D eigenvalue weighted by molar-refractivity contribution is 8.23. The van der Waals surface area contributed by atoms with Gasteiger partial charge in [0.1, 0.15) is 0 Å². The van der Waals surface area contributed by atoms with E-state index in [4.69, 9.17) is 21.7 Å². The van der Waals surface area contributed by atoms with Crippen molar-refractivity contribution in [1.29, 1.82) is 0 Å². The third kappa shape index (κ3) is 4.38. The van der Waals surface area contributed by atoms with E-state index in [1.807, 2.05) is 48.5 Å². The molecule has 0 saturated heterocycles. The van der Waals surface area contributed by atoms with E-state index >= 15 is 0 Å². The molecular weight excluding hydrogens is 300 g/mol. The van der Waals surface area contributed by atoms with E-state index in [1.165, 1.54) is 0 Å². The minimum Gasteiger partial charge on any atom is -0.354 e. The van der Waals surface area contributed by atoms with Crippen LogP contribution in [0.3, 0.4) is 0 Å². The Morgan fingerprint density at radius 2 is 1.43 bits per heavy atom. The van der Waals surface area contributed by atoms with Gasteiger partial charge in [-0.2, -0.15) is 0 Å². The van der Waals surface area contributed by atoms with Crippen molar-refractivity contribution in [1.82, 2.24) is 0 Å². The number of rotatable bonds is 6. The molecule has 1 unspecified atom stereocenters. The van der Waals surface area contributed by atoms with E-state index in [0.29, 0.717) is 0 Å². The van der Waals surface area contributed by atoms with Crippen LogP contribution in [0.15, 0.2) is 60.7 Å². The quantitative estimate of drug-likeness (QED) is 0.578. The normalized spacial score (nSPS) is 12.3. The lowest BCUT2D eigenvalue weighted by molar-refractivity contribution is -0.102. The molecule has 110 valence electrons. The van der Waals surface area contributed by atoms with Crippen LogP contribution in [0, 0.1) is 0 Å². The number of hydrogen-bond acceptors (Lipinski definition) is 4. The molecule has 0 N–H and O–H groups in total. The van der Waals surface area contributed by atoms with Crippen molar-refractivity contribution in [3.05, 3.63) is 71.8 Å². The number of benzene rings is 2. The molecule has 1 atom stereocenters. The van der Waals surface area contributed by atoms with E-state index in [-0.39, 0.29) is 11.5 Å². The average Bonchev–Trinajstić information content (AvgIpc) is 2.56. The van der Waals surface area contributed by atoms with Crippen LogP contribution in [0.4, 0.5) is 0 Å². The minimum absolute atomic E-state index is 0.00564. The topological polar surface area (TPSA) is 18.5 Å². The zero-order chi connectivity index (χ0) is 15.1. The molecule has 0 aliphatic rings. The fraction of sp³-hybridized carbons (Fsp3) is 0.235. The molecule has 2 aromatic rings. The Morgan fingerprint density at radius 1 is 0.905 bits per heavy atom. The standard InChI is InChI=1S/C17H18O2S2/c1-18-16(19-2)15(13-9-5-3-6-10-13)21-17(20)14-11-7-4-8-12-14/h3-12,15-16H,1-2H3. The van der Waals surface area contributed by atoms with Crippen molar-refractivity contribution < 1.29 is 9.47 Å². The predicted octanol–water partition coefficient (Wildman–Crippen LogP) is 4.46. The zero-order valence-corrected chi connectivity index (χ0v) is 13.7. The second-order valence-corrected chi connectivity index (χ2v) is 6.26. The summed E-state index contributed by atoms with van der Waals surface area (Å²) < 4.78 is 11.7. The highest BCUT2D eigenvalue weighted by Crippen LogP contribution is 2.36. The summed E-state index contributed by atoms with van der Waals surface area (Å²) in [6.45, 7) is 0. The molecule has 2 nitrogen and oxygen atoms in total. The molecular formula is C17H18O2S2. The summed E-state index contributed by atoms with van der Waals surface area (Å²) in [7, 11) is 3.30. The van der Waals surface area contributed by atoms with Gasteiger partial charge in [-0.3, -0.25) is 0 Å². The summed E-state index contributed by atoms with van der Waals surface area (Å²) in [6.07, 6.45) is -0.348. The van der Waals surface area contributed by atoms with Gasteiger partial charge in [-0.1, -0.05) is 72.9 Å². The average molecular weight is 318 g/mol. The smallest absolute Gasteiger partial charge is 0.172 e. The van der Waals surface area contributed by atoms with Crippen molar-refractivity contribution in [2.24, 2.45) is 0 Å². The number of thioether (sulfide) groups is 1. The maximum Gasteiger partial charge on any atom is 0.172 e. The van der Waals surface area contributed by atoms with Crippen molar-refractivity contribution in [3.8, 4) is 0 Å². The zero-order valence-electron chi connectivity index (χ0n) is 12.1. The summed E-state index contributed by atoms with van der Waals surface area (Å²) >= 11 is 7.15. The lowest BCUT2D eigenvalue weighted by Gasteiger charge is -2.25. The third-order valence-electron chi connectivity index (χ3n) is 3.08. The molecule has 0 fully saturated rings. The van der Waals surface area contributed by atoms with E-state index in [2.05, 4.69) is 12.1 Å². The summed E-state index contributed by atoms with van der Waals surface area (Å²) in [5, 5.41) is -0.00564. The van der Waals surface area contributed by atoms with Gasteiger partial charge < -0.3 is 9.47 Å². The van der Waals surface area contributed by atoms with Gasteiger partial charge in [-0.15, -0.1) is 11.8 Å². The fourth-order valence-electron chi connectivity index (χ4n) is 2.02. The van der Waals surface area contributed by atoms with Crippen molar-refractivity contribution in [2.45, 2.75) is 11.5 Å². The van der Waals surface area contributed by atoms with E-state index in [1.54, 1.807) is 26.0 Å². The second-order valence-electron chi connectivity index (χ2n) is 4.44. The van der Waals surface area contributed by atoms with Gasteiger partial charge in [0.25, 0.3) is 0 Å². The molecule has 0 bridgehead atoms. The molecule has 2 rings (SSSR count). The number of thiocarbonyl (C=S) groups is 1. The van der Waals surface area contributed by atoms with Crippen LogP contribution in [0.5, 0.6) is 0 Å². The SMILES string of the molecule is COC(OC)C(SC(=S)c1ccccc1)c1ccccc1. The van der Waals surface area contributed by atoms with Gasteiger partial charge in [-0.05, 0) is 11.1 Å². The van der Waals surface area contributed by atoms with E-state index in [9.17, 15) is 0 Å². The van der Waals surface area contributed by atoms with Gasteiger partial charge in [0.15, 0.2) is 6.29 Å². The Labute approximate surface area is 135 Å². The first-order chi connectivity index (χ1) is 10.3. The van der Waals surface area contributed by atoms with Gasteiger partial charge >= 0.3 is 0 Å². The molecule has 0 spiro atoms. The molecule has 0 saturated carbocycles. The largest absolute Gasteiger partial charge is 0.354 e. The van der Waals surface area contributed by atoms with Crippen LogP contribution < -0.4 is 0 Å². The Bertz CT molecular complexity index is 554. The maximum atomic E-state index is 5.56. The molecule has 4 heteroatoms. The molecule has 0 amide bonds. The van der Waals surface area contributed by atoms with Crippen molar-refractivity contribution in [3.63, 3.8) is 0 Å². The summed E-state index contributed by atoms with van der Waals surface area (Å²) in [5.41, 5.74) is 2.18. The molecule has 0 aliphatic carbocycles. The first-order valence-electron chi connectivity index (χ1n) is 6.63. The van der Waals surface area contributed by atoms with Crippen molar-refractivity contribution >= 4 is 28.2 Å². The van der Waals surface area contributed by atoms with Crippen molar-refractivity contribution in [2.75, 3.05) is 14.2 Å². The predicted molar refractivity (Wildman–Crippen MR) is 92.7 cm³/mol. The highest BCUT2D eigenvalue weighted by atomic mass is 32.2. The Hall–Kier alpha value is -1.20. The van der Waals surface area contributed by atoms with E-state index < -0.39 is 0 Å². The van der Waals surface area contributed by atoms with Crippen LogP contribution in [0.2, 0.25) is 0 Å². The number of hydrogen-bond donors (Lipinski definition) is 0. The Kier molecular flexibility index (Phi) is 6.39. The lowest BCUT2D eigenvalue weighted by atomic mass is 10.1.